The number of hydrogen-bond donors (Lipinski definition) is 1. The van der Waals surface area contributed by atoms with Crippen LogP contribution in [0.1, 0.15) is 66.6 Å². The molecule has 178 valence electrons. The van der Waals surface area contributed by atoms with Crippen LogP contribution in [0.5, 0.6) is 0 Å². The SMILES string of the molecule is CC(NC(=O)c1ccc(CSc2nc(Cl)cc(N(C)C3CCCCC3)n2)cc1)c1ccccc1. The lowest BCUT2D eigenvalue weighted by atomic mass is 9.94. The Morgan fingerprint density at radius 1 is 1.09 bits per heavy atom. The van der Waals surface area contributed by atoms with Crippen molar-refractivity contribution in [2.45, 2.75) is 62.0 Å². The first-order valence-corrected chi connectivity index (χ1v) is 13.2. The summed E-state index contributed by atoms with van der Waals surface area (Å²) in [7, 11) is 2.10. The standard InChI is InChI=1S/C27H31ClN4OS/c1-19(21-9-5-3-6-10-21)29-26(33)22-15-13-20(14-16-22)18-34-27-30-24(28)17-25(31-27)32(2)23-11-7-4-8-12-23/h3,5-6,9-10,13-17,19,23H,4,7-8,11-12,18H2,1-2H3,(H,29,33). The van der Waals surface area contributed by atoms with Crippen LogP contribution < -0.4 is 10.2 Å². The molecule has 1 aromatic heterocycles. The molecule has 1 heterocycles. The van der Waals surface area contributed by atoms with Crippen LogP contribution in [-0.4, -0.2) is 29.0 Å². The van der Waals surface area contributed by atoms with E-state index in [1.807, 2.05) is 67.6 Å². The van der Waals surface area contributed by atoms with Crippen molar-refractivity contribution in [3.05, 3.63) is 82.5 Å². The summed E-state index contributed by atoms with van der Waals surface area (Å²) in [5.41, 5.74) is 2.83. The zero-order valence-corrected chi connectivity index (χ0v) is 21.3. The lowest BCUT2D eigenvalue weighted by Gasteiger charge is -2.32. The molecule has 1 N–H and O–H groups in total. The van der Waals surface area contributed by atoms with Crippen molar-refractivity contribution in [1.82, 2.24) is 15.3 Å². The van der Waals surface area contributed by atoms with E-state index in [-0.39, 0.29) is 11.9 Å². The van der Waals surface area contributed by atoms with Gasteiger partial charge < -0.3 is 10.2 Å². The van der Waals surface area contributed by atoms with Crippen LogP contribution in [0, 0.1) is 0 Å². The molecule has 1 aliphatic carbocycles. The van der Waals surface area contributed by atoms with E-state index in [0.29, 0.717) is 27.7 Å². The second kappa shape index (κ2) is 11.7. The minimum atomic E-state index is -0.0795. The van der Waals surface area contributed by atoms with Crippen molar-refractivity contribution in [2.24, 2.45) is 0 Å². The summed E-state index contributed by atoms with van der Waals surface area (Å²) in [6, 6.07) is 20.0. The van der Waals surface area contributed by atoms with E-state index in [1.165, 1.54) is 32.1 Å². The van der Waals surface area contributed by atoms with Gasteiger partial charge in [-0.15, -0.1) is 0 Å². The molecule has 1 unspecified atom stereocenters. The molecule has 1 amide bonds. The lowest BCUT2D eigenvalue weighted by molar-refractivity contribution is 0.0940. The van der Waals surface area contributed by atoms with E-state index in [2.05, 4.69) is 22.2 Å². The highest BCUT2D eigenvalue weighted by atomic mass is 35.5. The number of anilines is 1. The summed E-state index contributed by atoms with van der Waals surface area (Å²) in [4.78, 5) is 24.1. The first-order chi connectivity index (χ1) is 16.5. The smallest absolute Gasteiger partial charge is 0.251 e. The molecule has 0 saturated heterocycles. The molecule has 0 bridgehead atoms. The molecule has 2 aromatic carbocycles. The molecular weight excluding hydrogens is 464 g/mol. The third-order valence-corrected chi connectivity index (χ3v) is 7.49. The Morgan fingerprint density at radius 2 is 1.79 bits per heavy atom. The number of nitrogens with zero attached hydrogens (tertiary/aromatic N) is 3. The number of aromatic nitrogens is 2. The van der Waals surface area contributed by atoms with Gasteiger partial charge in [-0.25, -0.2) is 9.97 Å². The fourth-order valence-corrected chi connectivity index (χ4v) is 5.33. The Bertz CT molecular complexity index is 1090. The molecule has 3 aromatic rings. The third-order valence-electron chi connectivity index (χ3n) is 6.38. The maximum absolute atomic E-state index is 12.6. The zero-order valence-electron chi connectivity index (χ0n) is 19.7. The van der Waals surface area contributed by atoms with E-state index in [1.54, 1.807) is 11.8 Å². The highest BCUT2D eigenvalue weighted by Gasteiger charge is 2.20. The number of amides is 1. The Morgan fingerprint density at radius 3 is 2.50 bits per heavy atom. The first kappa shape index (κ1) is 24.6. The van der Waals surface area contributed by atoms with Gasteiger partial charge in [0.05, 0.1) is 6.04 Å². The minimum absolute atomic E-state index is 0.0511. The van der Waals surface area contributed by atoms with Gasteiger partial charge in [0.25, 0.3) is 5.91 Å². The quantitative estimate of drug-likeness (QED) is 0.215. The monoisotopic (exact) mass is 494 g/mol. The van der Waals surface area contributed by atoms with Crippen molar-refractivity contribution in [1.29, 1.82) is 0 Å². The predicted octanol–water partition coefficient (Wildman–Crippen LogP) is 6.68. The first-order valence-electron chi connectivity index (χ1n) is 11.8. The second-order valence-corrected chi connectivity index (χ2v) is 10.2. The Balaban J connectivity index is 1.35. The molecule has 1 fully saturated rings. The van der Waals surface area contributed by atoms with Gasteiger partial charge in [-0.1, -0.05) is 85.1 Å². The number of hydrogen-bond acceptors (Lipinski definition) is 5. The van der Waals surface area contributed by atoms with Gasteiger partial charge in [0.2, 0.25) is 0 Å². The molecule has 7 heteroatoms. The minimum Gasteiger partial charge on any atom is -0.357 e. The zero-order chi connectivity index (χ0) is 23.9. The van der Waals surface area contributed by atoms with E-state index >= 15 is 0 Å². The highest BCUT2D eigenvalue weighted by molar-refractivity contribution is 7.98. The largest absolute Gasteiger partial charge is 0.357 e. The molecule has 4 rings (SSSR count). The summed E-state index contributed by atoms with van der Waals surface area (Å²) in [5.74, 6) is 1.51. The van der Waals surface area contributed by atoms with Crippen molar-refractivity contribution < 1.29 is 4.79 Å². The number of nitrogens with one attached hydrogen (secondary N) is 1. The third kappa shape index (κ3) is 6.51. The number of halogens is 1. The number of carbonyl (C=O) groups is 1. The molecule has 0 spiro atoms. The van der Waals surface area contributed by atoms with Crippen molar-refractivity contribution >= 4 is 35.1 Å². The van der Waals surface area contributed by atoms with E-state index in [9.17, 15) is 4.79 Å². The second-order valence-electron chi connectivity index (χ2n) is 8.83. The van der Waals surface area contributed by atoms with Gasteiger partial charge in [0.15, 0.2) is 5.16 Å². The van der Waals surface area contributed by atoms with Crippen LogP contribution in [-0.2, 0) is 5.75 Å². The normalized spacial score (nSPS) is 15.0. The molecule has 1 atom stereocenters. The molecular formula is C27H31ClN4OS. The van der Waals surface area contributed by atoms with Crippen molar-refractivity contribution in [2.75, 3.05) is 11.9 Å². The van der Waals surface area contributed by atoms with Crippen LogP contribution in [0.3, 0.4) is 0 Å². The van der Waals surface area contributed by atoms with E-state index in [0.717, 1.165) is 16.9 Å². The number of rotatable bonds is 8. The maximum atomic E-state index is 12.6. The number of thioether (sulfide) groups is 1. The fourth-order valence-electron chi connectivity index (χ4n) is 4.29. The Labute approximate surface area is 211 Å². The molecule has 5 nitrogen and oxygen atoms in total. The van der Waals surface area contributed by atoms with E-state index < -0.39 is 0 Å². The average Bonchev–Trinajstić information content (AvgIpc) is 2.88. The number of benzene rings is 2. The molecule has 0 radical (unpaired) electrons. The molecule has 1 saturated carbocycles. The topological polar surface area (TPSA) is 58.1 Å². The Hall–Kier alpha value is -2.57. The predicted molar refractivity (Wildman–Crippen MR) is 141 cm³/mol. The molecule has 0 aliphatic heterocycles. The van der Waals surface area contributed by atoms with Crippen molar-refractivity contribution in [3.8, 4) is 0 Å². The summed E-state index contributed by atoms with van der Waals surface area (Å²) in [6.07, 6.45) is 6.26. The van der Waals surface area contributed by atoms with Crippen LogP contribution >= 0.6 is 23.4 Å². The fraction of sp³-hybridized carbons (Fsp3) is 0.370. The van der Waals surface area contributed by atoms with Gasteiger partial charge in [-0.3, -0.25) is 4.79 Å². The summed E-state index contributed by atoms with van der Waals surface area (Å²) >= 11 is 7.87. The summed E-state index contributed by atoms with van der Waals surface area (Å²) in [5, 5.41) is 4.19. The van der Waals surface area contributed by atoms with E-state index in [4.69, 9.17) is 16.6 Å². The molecule has 34 heavy (non-hydrogen) atoms. The van der Waals surface area contributed by atoms with Gasteiger partial charge in [0.1, 0.15) is 11.0 Å². The van der Waals surface area contributed by atoms with Crippen molar-refractivity contribution in [3.63, 3.8) is 0 Å². The summed E-state index contributed by atoms with van der Waals surface area (Å²) < 4.78 is 0. The Kier molecular flexibility index (Phi) is 8.46. The van der Waals surface area contributed by atoms with Gasteiger partial charge >= 0.3 is 0 Å². The van der Waals surface area contributed by atoms with Crippen LogP contribution in [0.25, 0.3) is 0 Å². The summed E-state index contributed by atoms with van der Waals surface area (Å²) in [6.45, 7) is 1.99. The van der Waals surface area contributed by atoms with Crippen LogP contribution in [0.15, 0.2) is 65.8 Å². The number of carbonyl (C=O) groups excluding carboxylic acids is 1. The van der Waals surface area contributed by atoms with Crippen LogP contribution in [0.2, 0.25) is 5.15 Å². The van der Waals surface area contributed by atoms with Crippen LogP contribution in [0.4, 0.5) is 5.82 Å². The lowest BCUT2D eigenvalue weighted by Crippen LogP contribution is -2.34. The highest BCUT2D eigenvalue weighted by Crippen LogP contribution is 2.29. The van der Waals surface area contributed by atoms with Gasteiger partial charge in [-0.05, 0) is 43.0 Å². The molecule has 1 aliphatic rings. The van der Waals surface area contributed by atoms with Gasteiger partial charge in [0, 0.05) is 30.5 Å². The van der Waals surface area contributed by atoms with Gasteiger partial charge in [-0.2, -0.15) is 0 Å². The maximum Gasteiger partial charge on any atom is 0.251 e. The average molecular weight is 495 g/mol.